The van der Waals surface area contributed by atoms with Crippen molar-refractivity contribution < 1.29 is 9.53 Å². The fourth-order valence-electron chi connectivity index (χ4n) is 2.57. The summed E-state index contributed by atoms with van der Waals surface area (Å²) in [6.45, 7) is 0.323. The fourth-order valence-corrected chi connectivity index (χ4v) is 2.57. The molecule has 1 aliphatic rings. The molecule has 0 bridgehead atoms. The van der Waals surface area contributed by atoms with E-state index in [0.717, 1.165) is 18.4 Å². The Morgan fingerprint density at radius 1 is 1.21 bits per heavy atom. The van der Waals surface area contributed by atoms with Crippen molar-refractivity contribution in [2.45, 2.75) is 44.4 Å². The van der Waals surface area contributed by atoms with Gasteiger partial charge in [-0.2, -0.15) is 0 Å². The minimum absolute atomic E-state index is 0.182. The molecule has 1 aromatic rings. The highest BCUT2D eigenvalue weighted by atomic mass is 16.5. The van der Waals surface area contributed by atoms with Gasteiger partial charge >= 0.3 is 6.09 Å². The number of rotatable bonds is 4. The van der Waals surface area contributed by atoms with Crippen molar-refractivity contribution in [2.24, 2.45) is 0 Å². The quantitative estimate of drug-likeness (QED) is 0.876. The van der Waals surface area contributed by atoms with Crippen LogP contribution >= 0.6 is 0 Å². The van der Waals surface area contributed by atoms with Gasteiger partial charge in [-0.05, 0) is 25.5 Å². The van der Waals surface area contributed by atoms with Crippen LogP contribution in [0.2, 0.25) is 0 Å². The monoisotopic (exact) mass is 262 g/mol. The van der Waals surface area contributed by atoms with Crippen LogP contribution in [-0.2, 0) is 11.3 Å². The Bertz CT molecular complexity index is 394. The molecular weight excluding hydrogens is 240 g/mol. The summed E-state index contributed by atoms with van der Waals surface area (Å²) in [5, 5.41) is 6.23. The van der Waals surface area contributed by atoms with Gasteiger partial charge in [0.15, 0.2) is 0 Å². The van der Waals surface area contributed by atoms with Crippen LogP contribution in [0.1, 0.15) is 31.2 Å². The zero-order valence-corrected chi connectivity index (χ0v) is 11.4. The number of nitrogens with one attached hydrogen (secondary N) is 2. The third-order valence-electron chi connectivity index (χ3n) is 3.65. The first-order valence-electron chi connectivity index (χ1n) is 6.94. The number of amides is 1. The number of alkyl carbamates (subject to hydrolysis) is 1. The van der Waals surface area contributed by atoms with Crippen molar-refractivity contribution >= 4 is 6.09 Å². The summed E-state index contributed by atoms with van der Waals surface area (Å²) < 4.78 is 5.25. The molecule has 2 N–H and O–H groups in total. The first kappa shape index (κ1) is 13.9. The summed E-state index contributed by atoms with van der Waals surface area (Å²) in [6, 6.07) is 10.3. The van der Waals surface area contributed by atoms with Crippen LogP contribution in [0.15, 0.2) is 30.3 Å². The summed E-state index contributed by atoms with van der Waals surface area (Å²) >= 11 is 0. The fraction of sp³-hybridized carbons (Fsp3) is 0.533. The normalized spacial score (nSPS) is 22.8. The summed E-state index contributed by atoms with van der Waals surface area (Å²) in [7, 11) is 1.94. The molecule has 0 aromatic heterocycles. The Balaban J connectivity index is 1.77. The van der Waals surface area contributed by atoms with Crippen molar-refractivity contribution in [3.63, 3.8) is 0 Å². The van der Waals surface area contributed by atoms with E-state index in [1.807, 2.05) is 37.4 Å². The Morgan fingerprint density at radius 3 is 2.58 bits per heavy atom. The van der Waals surface area contributed by atoms with Crippen LogP contribution in [-0.4, -0.2) is 25.2 Å². The molecule has 0 spiro atoms. The van der Waals surface area contributed by atoms with Crippen molar-refractivity contribution in [2.75, 3.05) is 7.05 Å². The molecule has 0 radical (unpaired) electrons. The molecule has 1 saturated carbocycles. The average Bonchev–Trinajstić information content (AvgIpc) is 2.47. The van der Waals surface area contributed by atoms with Crippen molar-refractivity contribution in [1.82, 2.24) is 10.6 Å². The standard InChI is InChI=1S/C15H22N2O2/c1-16-13-9-5-6-10-14(13)17-15(18)19-11-12-7-3-2-4-8-12/h2-4,7-8,13-14,16H,5-6,9-11H2,1H3,(H,17,18)/t13-,14-/m0/s1. The molecule has 2 rings (SSSR count). The molecule has 0 aliphatic heterocycles. The maximum Gasteiger partial charge on any atom is 0.407 e. The van der Waals surface area contributed by atoms with Gasteiger partial charge in [0.25, 0.3) is 0 Å². The molecule has 0 unspecified atom stereocenters. The third kappa shape index (κ3) is 4.24. The average molecular weight is 262 g/mol. The smallest absolute Gasteiger partial charge is 0.407 e. The lowest BCUT2D eigenvalue weighted by Gasteiger charge is -2.31. The lowest BCUT2D eigenvalue weighted by Crippen LogP contribution is -2.50. The molecule has 4 heteroatoms. The number of benzene rings is 1. The largest absolute Gasteiger partial charge is 0.445 e. The highest BCUT2D eigenvalue weighted by molar-refractivity contribution is 5.67. The van der Waals surface area contributed by atoms with Gasteiger partial charge in [-0.1, -0.05) is 43.2 Å². The first-order chi connectivity index (χ1) is 9.29. The number of hydrogen-bond acceptors (Lipinski definition) is 3. The van der Waals surface area contributed by atoms with E-state index in [1.54, 1.807) is 0 Å². The van der Waals surface area contributed by atoms with Crippen LogP contribution in [0.4, 0.5) is 4.79 Å². The second-order valence-corrected chi connectivity index (χ2v) is 4.99. The van der Waals surface area contributed by atoms with Crippen molar-refractivity contribution in [1.29, 1.82) is 0 Å². The first-order valence-corrected chi connectivity index (χ1v) is 6.94. The molecule has 1 amide bonds. The number of ether oxygens (including phenoxy) is 1. The minimum Gasteiger partial charge on any atom is -0.445 e. The van der Waals surface area contributed by atoms with Gasteiger partial charge < -0.3 is 15.4 Å². The molecule has 2 atom stereocenters. The minimum atomic E-state index is -0.323. The Hall–Kier alpha value is -1.55. The lowest BCUT2D eigenvalue weighted by atomic mass is 9.90. The summed E-state index contributed by atoms with van der Waals surface area (Å²) in [4.78, 5) is 11.8. The maximum atomic E-state index is 11.8. The van der Waals surface area contributed by atoms with E-state index in [4.69, 9.17) is 4.74 Å². The van der Waals surface area contributed by atoms with Crippen LogP contribution in [0.3, 0.4) is 0 Å². The SMILES string of the molecule is CN[C@H]1CCCC[C@@H]1NC(=O)OCc1ccccc1. The number of carbonyl (C=O) groups excluding carboxylic acids is 1. The van der Waals surface area contributed by atoms with E-state index < -0.39 is 0 Å². The van der Waals surface area contributed by atoms with E-state index in [2.05, 4.69) is 10.6 Å². The van der Waals surface area contributed by atoms with Crippen LogP contribution in [0, 0.1) is 0 Å². The zero-order valence-electron chi connectivity index (χ0n) is 11.4. The number of carbonyl (C=O) groups is 1. The molecule has 0 saturated heterocycles. The predicted molar refractivity (Wildman–Crippen MR) is 74.9 cm³/mol. The summed E-state index contributed by atoms with van der Waals surface area (Å²) in [5.41, 5.74) is 1.01. The van der Waals surface area contributed by atoms with E-state index in [1.165, 1.54) is 12.8 Å². The number of likely N-dealkylation sites (N-methyl/N-ethyl adjacent to an activating group) is 1. The van der Waals surface area contributed by atoms with E-state index in [9.17, 15) is 4.79 Å². The van der Waals surface area contributed by atoms with E-state index in [-0.39, 0.29) is 12.1 Å². The Labute approximate surface area is 114 Å². The summed E-state index contributed by atoms with van der Waals surface area (Å²) in [6.07, 6.45) is 4.20. The van der Waals surface area contributed by atoms with Crippen LogP contribution in [0.5, 0.6) is 0 Å². The van der Waals surface area contributed by atoms with Crippen molar-refractivity contribution in [3.8, 4) is 0 Å². The van der Waals surface area contributed by atoms with Crippen LogP contribution < -0.4 is 10.6 Å². The summed E-state index contributed by atoms with van der Waals surface area (Å²) in [5.74, 6) is 0. The zero-order chi connectivity index (χ0) is 13.5. The Kier molecular flexibility index (Phi) is 5.21. The lowest BCUT2D eigenvalue weighted by molar-refractivity contribution is 0.130. The molecular formula is C15H22N2O2. The predicted octanol–water partition coefficient (Wildman–Crippen LogP) is 2.44. The van der Waals surface area contributed by atoms with E-state index in [0.29, 0.717) is 12.6 Å². The van der Waals surface area contributed by atoms with Gasteiger partial charge in [0.05, 0.1) is 0 Å². The van der Waals surface area contributed by atoms with Gasteiger partial charge in [0, 0.05) is 12.1 Å². The second kappa shape index (κ2) is 7.14. The van der Waals surface area contributed by atoms with Gasteiger partial charge in [0.2, 0.25) is 0 Å². The topological polar surface area (TPSA) is 50.4 Å². The van der Waals surface area contributed by atoms with Crippen molar-refractivity contribution in [3.05, 3.63) is 35.9 Å². The second-order valence-electron chi connectivity index (χ2n) is 4.99. The molecule has 19 heavy (non-hydrogen) atoms. The van der Waals surface area contributed by atoms with Gasteiger partial charge in [-0.25, -0.2) is 4.79 Å². The van der Waals surface area contributed by atoms with Crippen LogP contribution in [0.25, 0.3) is 0 Å². The third-order valence-corrected chi connectivity index (χ3v) is 3.65. The number of hydrogen-bond donors (Lipinski definition) is 2. The maximum absolute atomic E-state index is 11.8. The molecule has 4 nitrogen and oxygen atoms in total. The van der Waals surface area contributed by atoms with Gasteiger partial charge in [-0.3, -0.25) is 0 Å². The van der Waals surface area contributed by atoms with E-state index >= 15 is 0 Å². The molecule has 1 aliphatic carbocycles. The molecule has 0 heterocycles. The molecule has 1 aromatic carbocycles. The molecule has 1 fully saturated rings. The molecule has 104 valence electrons. The highest BCUT2D eigenvalue weighted by Crippen LogP contribution is 2.18. The van der Waals surface area contributed by atoms with Gasteiger partial charge in [0.1, 0.15) is 6.61 Å². The Morgan fingerprint density at radius 2 is 1.89 bits per heavy atom. The highest BCUT2D eigenvalue weighted by Gasteiger charge is 2.25. The van der Waals surface area contributed by atoms with Gasteiger partial charge in [-0.15, -0.1) is 0 Å².